The maximum Gasteiger partial charge on any atom is 0.263 e. The zero-order chi connectivity index (χ0) is 18.9. The molecule has 0 saturated carbocycles. The number of thioether (sulfide) groups is 1. The number of aryl methyl sites for hydroxylation is 2. The summed E-state index contributed by atoms with van der Waals surface area (Å²) < 4.78 is 40.5. The zero-order valence-corrected chi connectivity index (χ0v) is 16.9. The molecule has 1 aliphatic rings. The Balaban J connectivity index is 2.02. The van der Waals surface area contributed by atoms with E-state index in [1.54, 1.807) is 44.3 Å². The van der Waals surface area contributed by atoms with Crippen molar-refractivity contribution in [3.63, 3.8) is 0 Å². The van der Waals surface area contributed by atoms with Crippen molar-refractivity contribution in [3.8, 4) is 11.5 Å². The van der Waals surface area contributed by atoms with Crippen LogP contribution >= 0.6 is 11.8 Å². The molecule has 7 nitrogen and oxygen atoms in total. The Kier molecular flexibility index (Phi) is 5.50. The van der Waals surface area contributed by atoms with Crippen molar-refractivity contribution in [2.24, 2.45) is 0 Å². The highest BCUT2D eigenvalue weighted by atomic mass is 32.2. The molecule has 0 radical (unpaired) electrons. The van der Waals surface area contributed by atoms with E-state index in [1.165, 1.54) is 4.31 Å². The smallest absolute Gasteiger partial charge is 0.263 e. The molecule has 142 valence electrons. The van der Waals surface area contributed by atoms with Crippen LogP contribution in [0, 0.1) is 6.92 Å². The lowest BCUT2D eigenvalue weighted by Crippen LogP contribution is -2.31. The maximum absolute atomic E-state index is 13.2. The summed E-state index contributed by atoms with van der Waals surface area (Å²) in [4.78, 5) is 4.27. The predicted octanol–water partition coefficient (Wildman–Crippen LogP) is 2.66. The van der Waals surface area contributed by atoms with Gasteiger partial charge < -0.3 is 14.0 Å². The third-order valence-corrected chi connectivity index (χ3v) is 7.53. The van der Waals surface area contributed by atoms with Gasteiger partial charge in [-0.2, -0.15) is 4.31 Å². The number of methoxy groups -OCH3 is 2. The molecule has 0 N–H and O–H groups in total. The Morgan fingerprint density at radius 3 is 2.69 bits per heavy atom. The number of aromatic nitrogens is 2. The summed E-state index contributed by atoms with van der Waals surface area (Å²) in [5.41, 5.74) is 0.782. The number of nitrogens with zero attached hydrogens (tertiary/aromatic N) is 3. The zero-order valence-electron chi connectivity index (χ0n) is 15.3. The van der Waals surface area contributed by atoms with Crippen LogP contribution in [0.5, 0.6) is 11.5 Å². The van der Waals surface area contributed by atoms with Crippen LogP contribution < -0.4 is 9.47 Å². The molecule has 1 aromatic carbocycles. The van der Waals surface area contributed by atoms with Gasteiger partial charge in [0.15, 0.2) is 5.03 Å². The molecular formula is C17H23N3O4S2. The van der Waals surface area contributed by atoms with Crippen molar-refractivity contribution in [2.45, 2.75) is 30.8 Å². The second-order valence-corrected chi connectivity index (χ2v) is 8.88. The number of sulfonamides is 1. The highest BCUT2D eigenvalue weighted by Crippen LogP contribution is 2.45. The lowest BCUT2D eigenvalue weighted by Gasteiger charge is -2.24. The first kappa shape index (κ1) is 19.1. The topological polar surface area (TPSA) is 73.7 Å². The third-order valence-electron chi connectivity index (χ3n) is 4.42. The van der Waals surface area contributed by atoms with Gasteiger partial charge >= 0.3 is 0 Å². The van der Waals surface area contributed by atoms with Crippen molar-refractivity contribution in [1.82, 2.24) is 13.9 Å². The molecule has 9 heteroatoms. The average Bonchev–Trinajstić information content (AvgIpc) is 3.28. The normalized spacial score (nSPS) is 18.2. The standard InChI is InChI=1S/C17H23N3O4S2/c1-5-19-11-16(18-12(19)2)26(21,22)20-8-9-25-17(20)14-10-13(23-3)6-7-15(14)24-4/h6-7,10-11,17H,5,8-9H2,1-4H3. The summed E-state index contributed by atoms with van der Waals surface area (Å²) in [6.45, 7) is 4.87. The molecule has 0 aliphatic carbocycles. The number of benzene rings is 1. The minimum atomic E-state index is -3.71. The average molecular weight is 398 g/mol. The van der Waals surface area contributed by atoms with Gasteiger partial charge in [-0.25, -0.2) is 13.4 Å². The monoisotopic (exact) mass is 397 g/mol. The molecule has 1 unspecified atom stereocenters. The van der Waals surface area contributed by atoms with Crippen LogP contribution in [-0.2, 0) is 16.6 Å². The van der Waals surface area contributed by atoms with Crippen molar-refractivity contribution in [1.29, 1.82) is 0 Å². The van der Waals surface area contributed by atoms with Gasteiger partial charge in [-0.05, 0) is 32.0 Å². The molecule has 2 heterocycles. The van der Waals surface area contributed by atoms with Gasteiger partial charge in [-0.15, -0.1) is 11.8 Å². The molecule has 0 amide bonds. The molecular weight excluding hydrogens is 374 g/mol. The molecule has 0 spiro atoms. The number of hydrogen-bond donors (Lipinski definition) is 0. The van der Waals surface area contributed by atoms with Gasteiger partial charge in [-0.1, -0.05) is 0 Å². The van der Waals surface area contributed by atoms with Crippen molar-refractivity contribution < 1.29 is 17.9 Å². The number of imidazole rings is 1. The largest absolute Gasteiger partial charge is 0.497 e. The summed E-state index contributed by atoms with van der Waals surface area (Å²) >= 11 is 1.57. The summed E-state index contributed by atoms with van der Waals surface area (Å²) in [5.74, 6) is 2.70. The minimum absolute atomic E-state index is 0.0891. The Morgan fingerprint density at radius 2 is 2.08 bits per heavy atom. The van der Waals surface area contributed by atoms with Gasteiger partial charge in [0.05, 0.1) is 19.6 Å². The summed E-state index contributed by atoms with van der Waals surface area (Å²) in [6, 6.07) is 5.43. The van der Waals surface area contributed by atoms with E-state index in [1.807, 2.05) is 24.5 Å². The van der Waals surface area contributed by atoms with E-state index in [0.717, 1.165) is 5.56 Å². The van der Waals surface area contributed by atoms with Crippen LogP contribution in [0.1, 0.15) is 23.7 Å². The SMILES string of the molecule is CCn1cc(S(=O)(=O)N2CCSC2c2cc(OC)ccc2OC)nc1C. The van der Waals surface area contributed by atoms with Gasteiger partial charge in [0, 0.05) is 30.6 Å². The quantitative estimate of drug-likeness (QED) is 0.746. The van der Waals surface area contributed by atoms with Crippen LogP contribution in [0.15, 0.2) is 29.4 Å². The second-order valence-electron chi connectivity index (χ2n) is 5.86. The molecule has 0 bridgehead atoms. The third kappa shape index (κ3) is 3.30. The van der Waals surface area contributed by atoms with E-state index in [4.69, 9.17) is 9.47 Å². The second kappa shape index (κ2) is 7.50. The predicted molar refractivity (Wildman–Crippen MR) is 101 cm³/mol. The van der Waals surface area contributed by atoms with E-state index in [9.17, 15) is 8.42 Å². The molecule has 2 aromatic rings. The summed E-state index contributed by atoms with van der Waals surface area (Å²) in [7, 11) is -0.543. The van der Waals surface area contributed by atoms with Crippen LogP contribution in [-0.4, -0.2) is 48.8 Å². The summed E-state index contributed by atoms with van der Waals surface area (Å²) in [6.07, 6.45) is 1.60. The van der Waals surface area contributed by atoms with Gasteiger partial charge in [-0.3, -0.25) is 0 Å². The van der Waals surface area contributed by atoms with Crippen molar-refractivity contribution in [2.75, 3.05) is 26.5 Å². The lowest BCUT2D eigenvalue weighted by molar-refractivity contribution is 0.382. The first-order valence-corrected chi connectivity index (χ1v) is 10.8. The molecule has 26 heavy (non-hydrogen) atoms. The van der Waals surface area contributed by atoms with E-state index >= 15 is 0 Å². The maximum atomic E-state index is 13.2. The van der Waals surface area contributed by atoms with Crippen LogP contribution in [0.4, 0.5) is 0 Å². The highest BCUT2D eigenvalue weighted by Gasteiger charge is 2.39. The Labute approximate surface area is 158 Å². The van der Waals surface area contributed by atoms with Gasteiger partial charge in [0.1, 0.15) is 17.3 Å². The Morgan fingerprint density at radius 1 is 1.31 bits per heavy atom. The van der Waals surface area contributed by atoms with Crippen LogP contribution in [0.2, 0.25) is 0 Å². The van der Waals surface area contributed by atoms with Gasteiger partial charge in [0.2, 0.25) is 0 Å². The molecule has 1 aliphatic heterocycles. The Bertz CT molecular complexity index is 895. The number of rotatable bonds is 6. The fourth-order valence-corrected chi connectivity index (χ4v) is 6.27. The molecule has 1 atom stereocenters. The fraction of sp³-hybridized carbons (Fsp3) is 0.471. The van der Waals surface area contributed by atoms with Crippen molar-refractivity contribution in [3.05, 3.63) is 35.8 Å². The molecule has 1 fully saturated rings. The minimum Gasteiger partial charge on any atom is -0.497 e. The fourth-order valence-electron chi connectivity index (χ4n) is 3.02. The number of ether oxygens (including phenoxy) is 2. The van der Waals surface area contributed by atoms with E-state index < -0.39 is 10.0 Å². The molecule has 3 rings (SSSR count). The van der Waals surface area contributed by atoms with Crippen LogP contribution in [0.25, 0.3) is 0 Å². The molecule has 1 aromatic heterocycles. The van der Waals surface area contributed by atoms with Crippen LogP contribution in [0.3, 0.4) is 0 Å². The lowest BCUT2D eigenvalue weighted by atomic mass is 10.2. The van der Waals surface area contributed by atoms with E-state index in [0.29, 0.717) is 36.2 Å². The van der Waals surface area contributed by atoms with Gasteiger partial charge in [0.25, 0.3) is 10.0 Å². The van der Waals surface area contributed by atoms with E-state index in [-0.39, 0.29) is 10.4 Å². The number of hydrogen-bond acceptors (Lipinski definition) is 6. The Hall–Kier alpha value is -1.71. The molecule has 1 saturated heterocycles. The summed E-state index contributed by atoms with van der Waals surface area (Å²) in [5, 5.41) is -0.289. The first-order chi connectivity index (χ1) is 12.4. The van der Waals surface area contributed by atoms with E-state index in [2.05, 4.69) is 4.98 Å². The van der Waals surface area contributed by atoms with Crippen molar-refractivity contribution >= 4 is 21.8 Å². The first-order valence-electron chi connectivity index (χ1n) is 8.31. The highest BCUT2D eigenvalue weighted by molar-refractivity contribution is 8.01.